The van der Waals surface area contributed by atoms with Gasteiger partial charge in [0.1, 0.15) is 4.90 Å². The minimum absolute atomic E-state index is 0.170. The molecule has 0 N–H and O–H groups in total. The highest BCUT2D eigenvalue weighted by Crippen LogP contribution is 2.36. The Balaban J connectivity index is 1.95. The maximum atomic E-state index is 13.2. The van der Waals surface area contributed by atoms with Crippen molar-refractivity contribution in [3.63, 3.8) is 0 Å². The molecule has 1 saturated heterocycles. The summed E-state index contributed by atoms with van der Waals surface area (Å²) in [5.74, 6) is 0. The maximum Gasteiger partial charge on any atom is 0.436 e. The van der Waals surface area contributed by atoms with E-state index in [1.54, 1.807) is 24.3 Å². The molecule has 1 atom stereocenters. The molecule has 0 bridgehead atoms. The Morgan fingerprint density at radius 3 is 2.65 bits per heavy atom. The van der Waals surface area contributed by atoms with E-state index in [9.17, 15) is 21.6 Å². The van der Waals surface area contributed by atoms with Crippen LogP contribution in [0.4, 0.5) is 13.2 Å². The van der Waals surface area contributed by atoms with Crippen LogP contribution in [0.2, 0.25) is 5.02 Å². The van der Waals surface area contributed by atoms with Crippen LogP contribution in [0.3, 0.4) is 0 Å². The molecule has 1 aliphatic rings. The number of alkyl halides is 3. The van der Waals surface area contributed by atoms with Crippen molar-refractivity contribution in [2.45, 2.75) is 36.4 Å². The molecule has 3 rings (SSSR count). The fraction of sp³-hybridized carbons (Fsp3) is 0.438. The highest BCUT2D eigenvalue weighted by Gasteiger charge is 2.45. The predicted molar refractivity (Wildman–Crippen MR) is 90.3 cm³/mol. The van der Waals surface area contributed by atoms with Crippen molar-refractivity contribution in [1.29, 1.82) is 0 Å². The van der Waals surface area contributed by atoms with Gasteiger partial charge in [0.25, 0.3) is 0 Å². The number of benzene rings is 1. The molecule has 2 aromatic rings. The molecule has 1 fully saturated rings. The molecule has 1 aromatic heterocycles. The van der Waals surface area contributed by atoms with E-state index < -0.39 is 32.8 Å². The standard InChI is InChI=1S/C16H17ClF3N3O2S/c1-22-10-14(15(21-22)16(18,19)20)26(24,25)23-8-4-6-12(23)9-11-5-2-3-7-13(11)17/h2-3,5,7,10,12H,4,6,8-9H2,1H3. The van der Waals surface area contributed by atoms with E-state index in [0.29, 0.717) is 24.3 Å². The molecule has 2 heterocycles. The lowest BCUT2D eigenvalue weighted by atomic mass is 10.0. The van der Waals surface area contributed by atoms with E-state index in [4.69, 9.17) is 11.6 Å². The number of sulfonamides is 1. The Hall–Kier alpha value is -1.58. The van der Waals surface area contributed by atoms with Gasteiger partial charge in [-0.15, -0.1) is 0 Å². The maximum absolute atomic E-state index is 13.2. The van der Waals surface area contributed by atoms with Gasteiger partial charge in [0.15, 0.2) is 5.69 Å². The lowest BCUT2D eigenvalue weighted by Gasteiger charge is -2.24. The number of nitrogens with zero attached hydrogens (tertiary/aromatic N) is 3. The summed E-state index contributed by atoms with van der Waals surface area (Å²) in [5.41, 5.74) is -0.619. The van der Waals surface area contributed by atoms with Gasteiger partial charge < -0.3 is 0 Å². The summed E-state index contributed by atoms with van der Waals surface area (Å²) < 4.78 is 67.5. The highest BCUT2D eigenvalue weighted by atomic mass is 35.5. The van der Waals surface area contributed by atoms with Crippen molar-refractivity contribution in [2.75, 3.05) is 6.54 Å². The summed E-state index contributed by atoms with van der Waals surface area (Å²) in [7, 11) is -3.06. The number of hydrogen-bond acceptors (Lipinski definition) is 3. The van der Waals surface area contributed by atoms with Crippen LogP contribution in [0.5, 0.6) is 0 Å². The van der Waals surface area contributed by atoms with E-state index in [1.165, 1.54) is 7.05 Å². The van der Waals surface area contributed by atoms with Gasteiger partial charge in [-0.3, -0.25) is 4.68 Å². The Morgan fingerprint density at radius 2 is 2.00 bits per heavy atom. The van der Waals surface area contributed by atoms with Gasteiger partial charge in [-0.2, -0.15) is 22.6 Å². The van der Waals surface area contributed by atoms with Crippen LogP contribution < -0.4 is 0 Å². The Labute approximate surface area is 154 Å². The van der Waals surface area contributed by atoms with E-state index >= 15 is 0 Å². The zero-order valence-electron chi connectivity index (χ0n) is 13.9. The number of rotatable bonds is 4. The summed E-state index contributed by atoms with van der Waals surface area (Å²) in [5, 5.41) is 3.82. The van der Waals surface area contributed by atoms with E-state index in [0.717, 1.165) is 20.7 Å². The quantitative estimate of drug-likeness (QED) is 0.779. The molecule has 10 heteroatoms. The minimum Gasteiger partial charge on any atom is -0.274 e. The van der Waals surface area contributed by atoms with E-state index in [1.807, 2.05) is 0 Å². The normalized spacial score (nSPS) is 19.2. The van der Waals surface area contributed by atoms with Gasteiger partial charge in [-0.05, 0) is 30.9 Å². The van der Waals surface area contributed by atoms with Crippen LogP contribution in [-0.4, -0.2) is 35.1 Å². The molecule has 0 amide bonds. The molecule has 26 heavy (non-hydrogen) atoms. The Morgan fingerprint density at radius 1 is 1.31 bits per heavy atom. The number of aromatic nitrogens is 2. The highest BCUT2D eigenvalue weighted by molar-refractivity contribution is 7.89. The third-order valence-corrected chi connectivity index (χ3v) is 6.71. The lowest BCUT2D eigenvalue weighted by Crippen LogP contribution is -2.37. The third kappa shape index (κ3) is 3.60. The molecule has 0 spiro atoms. The van der Waals surface area contributed by atoms with E-state index in [-0.39, 0.29) is 6.54 Å². The van der Waals surface area contributed by atoms with Crippen LogP contribution in [0.1, 0.15) is 24.1 Å². The van der Waals surface area contributed by atoms with E-state index in [2.05, 4.69) is 5.10 Å². The van der Waals surface area contributed by atoms with Crippen LogP contribution in [0, 0.1) is 0 Å². The molecule has 1 aromatic carbocycles. The van der Waals surface area contributed by atoms with Crippen molar-refractivity contribution in [2.24, 2.45) is 7.05 Å². The van der Waals surface area contributed by atoms with Gasteiger partial charge in [0.05, 0.1) is 0 Å². The average molecular weight is 408 g/mol. The second-order valence-electron chi connectivity index (χ2n) is 6.22. The largest absolute Gasteiger partial charge is 0.436 e. The SMILES string of the molecule is Cn1cc(S(=O)(=O)N2CCCC2Cc2ccccc2Cl)c(C(F)(F)F)n1. The third-order valence-electron chi connectivity index (χ3n) is 4.39. The zero-order valence-corrected chi connectivity index (χ0v) is 15.4. The summed E-state index contributed by atoms with van der Waals surface area (Å²) >= 11 is 6.14. The fourth-order valence-electron chi connectivity index (χ4n) is 3.23. The first-order valence-corrected chi connectivity index (χ1v) is 9.78. The topological polar surface area (TPSA) is 55.2 Å². The lowest BCUT2D eigenvalue weighted by molar-refractivity contribution is -0.143. The Bertz CT molecular complexity index is 912. The predicted octanol–water partition coefficient (Wildman–Crippen LogP) is 3.49. The van der Waals surface area contributed by atoms with Crippen LogP contribution >= 0.6 is 11.6 Å². The number of halogens is 4. The molecular formula is C16H17ClF3N3O2S. The average Bonchev–Trinajstić information content (AvgIpc) is 3.16. The van der Waals surface area contributed by atoms with Gasteiger partial charge in [-0.25, -0.2) is 8.42 Å². The van der Waals surface area contributed by atoms with Crippen LogP contribution in [0.25, 0.3) is 0 Å². The van der Waals surface area contributed by atoms with Crippen molar-refractivity contribution in [3.8, 4) is 0 Å². The molecule has 1 aliphatic heterocycles. The van der Waals surface area contributed by atoms with Crippen molar-refractivity contribution in [3.05, 3.63) is 46.7 Å². The molecule has 5 nitrogen and oxygen atoms in total. The van der Waals surface area contributed by atoms with Gasteiger partial charge in [0, 0.05) is 30.9 Å². The first kappa shape index (κ1) is 19.2. The van der Waals surface area contributed by atoms with Crippen LogP contribution in [0.15, 0.2) is 35.4 Å². The van der Waals surface area contributed by atoms with Crippen molar-refractivity contribution < 1.29 is 21.6 Å². The Kier molecular flexibility index (Phi) is 5.06. The second kappa shape index (κ2) is 6.86. The number of hydrogen-bond donors (Lipinski definition) is 0. The first-order valence-electron chi connectivity index (χ1n) is 7.97. The smallest absolute Gasteiger partial charge is 0.274 e. The molecular weight excluding hydrogens is 391 g/mol. The summed E-state index contributed by atoms with van der Waals surface area (Å²) in [6.07, 6.45) is -2.45. The molecule has 142 valence electrons. The summed E-state index contributed by atoms with van der Waals surface area (Å²) in [6, 6.07) is 6.60. The molecule has 1 unspecified atom stereocenters. The van der Waals surface area contributed by atoms with Gasteiger partial charge in [-0.1, -0.05) is 29.8 Å². The molecule has 0 aliphatic carbocycles. The zero-order chi connectivity index (χ0) is 19.1. The van der Waals surface area contributed by atoms with Crippen LogP contribution in [-0.2, 0) is 29.7 Å². The van der Waals surface area contributed by atoms with Gasteiger partial charge in [0.2, 0.25) is 10.0 Å². The monoisotopic (exact) mass is 407 g/mol. The van der Waals surface area contributed by atoms with Gasteiger partial charge >= 0.3 is 6.18 Å². The molecule has 0 radical (unpaired) electrons. The summed E-state index contributed by atoms with van der Waals surface area (Å²) in [4.78, 5) is -0.807. The molecule has 0 saturated carbocycles. The summed E-state index contributed by atoms with van der Waals surface area (Å²) in [6.45, 7) is 0.170. The minimum atomic E-state index is -4.85. The van der Waals surface area contributed by atoms with Crippen molar-refractivity contribution >= 4 is 21.6 Å². The number of aryl methyl sites for hydroxylation is 1. The second-order valence-corrected chi connectivity index (χ2v) is 8.49. The van der Waals surface area contributed by atoms with Crippen molar-refractivity contribution in [1.82, 2.24) is 14.1 Å². The first-order chi connectivity index (χ1) is 12.1. The fourth-order valence-corrected chi connectivity index (χ4v) is 5.32.